The van der Waals surface area contributed by atoms with Gasteiger partial charge in [0.15, 0.2) is 0 Å². The maximum Gasteiger partial charge on any atom is 0.336 e. The number of hydrogen-bond donors (Lipinski definition) is 2. The fraction of sp³-hybridized carbons (Fsp3) is 0.263. The van der Waals surface area contributed by atoms with Crippen molar-refractivity contribution in [3.8, 4) is 0 Å². The lowest BCUT2D eigenvalue weighted by Crippen LogP contribution is -2.16. The molecule has 0 atom stereocenters. The Morgan fingerprint density at radius 2 is 1.79 bits per heavy atom. The second kappa shape index (κ2) is 7.75. The number of nitrogens with one attached hydrogen (secondary N) is 1. The number of methoxy groups -OCH3 is 1. The van der Waals surface area contributed by atoms with Crippen molar-refractivity contribution >= 4 is 17.6 Å². The van der Waals surface area contributed by atoms with E-state index in [2.05, 4.69) is 5.32 Å². The first-order chi connectivity index (χ1) is 11.4. The quantitative estimate of drug-likeness (QED) is 0.853. The lowest BCUT2D eigenvalue weighted by atomic mass is 10.0. The van der Waals surface area contributed by atoms with Crippen LogP contribution in [0.1, 0.15) is 32.6 Å². The first-order valence-corrected chi connectivity index (χ1v) is 7.62. The van der Waals surface area contributed by atoms with Crippen molar-refractivity contribution in [2.45, 2.75) is 26.9 Å². The Hall–Kier alpha value is -2.66. The van der Waals surface area contributed by atoms with Crippen molar-refractivity contribution in [2.24, 2.45) is 0 Å². The Morgan fingerprint density at radius 1 is 1.08 bits per heavy atom. The highest BCUT2D eigenvalue weighted by Crippen LogP contribution is 2.21. The molecule has 0 heterocycles. The molecule has 0 fully saturated rings. The summed E-state index contributed by atoms with van der Waals surface area (Å²) in [5.41, 5.74) is 4.10. The van der Waals surface area contributed by atoms with E-state index in [0.29, 0.717) is 17.9 Å². The van der Waals surface area contributed by atoms with Gasteiger partial charge in [0.1, 0.15) is 0 Å². The summed E-state index contributed by atoms with van der Waals surface area (Å²) >= 11 is 0. The van der Waals surface area contributed by atoms with E-state index in [1.807, 2.05) is 31.2 Å². The minimum Gasteiger partial charge on any atom is -0.478 e. The van der Waals surface area contributed by atoms with E-state index in [0.717, 1.165) is 16.7 Å². The van der Waals surface area contributed by atoms with Crippen LogP contribution in [0, 0.1) is 13.8 Å². The second-order valence-corrected chi connectivity index (χ2v) is 5.77. The third-order valence-corrected chi connectivity index (χ3v) is 3.74. The smallest absolute Gasteiger partial charge is 0.336 e. The highest BCUT2D eigenvalue weighted by Gasteiger charge is 2.13. The molecule has 5 heteroatoms. The fourth-order valence-corrected chi connectivity index (χ4v) is 2.59. The number of benzene rings is 2. The Balaban J connectivity index is 2.14. The zero-order valence-electron chi connectivity index (χ0n) is 14.1. The number of amides is 1. The topological polar surface area (TPSA) is 75.6 Å². The van der Waals surface area contributed by atoms with Gasteiger partial charge in [-0.25, -0.2) is 4.79 Å². The van der Waals surface area contributed by atoms with Crippen LogP contribution in [0.15, 0.2) is 36.4 Å². The molecule has 0 aliphatic rings. The molecule has 0 aliphatic carbocycles. The maximum absolute atomic E-state index is 12.3. The average Bonchev–Trinajstić information content (AvgIpc) is 2.50. The van der Waals surface area contributed by atoms with Gasteiger partial charge in [-0.1, -0.05) is 30.3 Å². The molecule has 0 saturated carbocycles. The standard InChI is InChI=1S/C19H21NO4/c1-12-7-13(2)17(10-16(12)19(22)23)20-18(21)9-14-5-4-6-15(8-14)11-24-3/h4-8,10H,9,11H2,1-3H3,(H,20,21)(H,22,23). The van der Waals surface area contributed by atoms with Crippen LogP contribution < -0.4 is 5.32 Å². The van der Waals surface area contributed by atoms with E-state index in [9.17, 15) is 14.7 Å². The first kappa shape index (κ1) is 17.7. The summed E-state index contributed by atoms with van der Waals surface area (Å²) in [6.07, 6.45) is 0.216. The molecule has 1 amide bonds. The van der Waals surface area contributed by atoms with Gasteiger partial charge in [0.05, 0.1) is 18.6 Å². The van der Waals surface area contributed by atoms with Gasteiger partial charge in [0.2, 0.25) is 5.91 Å². The zero-order chi connectivity index (χ0) is 17.7. The molecule has 5 nitrogen and oxygen atoms in total. The number of ether oxygens (including phenoxy) is 1. The summed E-state index contributed by atoms with van der Waals surface area (Å²) in [6, 6.07) is 10.9. The summed E-state index contributed by atoms with van der Waals surface area (Å²) in [6.45, 7) is 4.07. The van der Waals surface area contributed by atoms with Crippen molar-refractivity contribution < 1.29 is 19.4 Å². The van der Waals surface area contributed by atoms with Crippen LogP contribution in [0.3, 0.4) is 0 Å². The average molecular weight is 327 g/mol. The molecular weight excluding hydrogens is 306 g/mol. The van der Waals surface area contributed by atoms with Crippen molar-refractivity contribution in [1.82, 2.24) is 0 Å². The molecule has 24 heavy (non-hydrogen) atoms. The third kappa shape index (κ3) is 4.43. The summed E-state index contributed by atoms with van der Waals surface area (Å²) < 4.78 is 5.09. The van der Waals surface area contributed by atoms with E-state index in [-0.39, 0.29) is 17.9 Å². The summed E-state index contributed by atoms with van der Waals surface area (Å²) in [4.78, 5) is 23.5. The van der Waals surface area contributed by atoms with Gasteiger partial charge in [0.25, 0.3) is 0 Å². The number of anilines is 1. The second-order valence-electron chi connectivity index (χ2n) is 5.77. The lowest BCUT2D eigenvalue weighted by Gasteiger charge is -2.12. The predicted molar refractivity (Wildman–Crippen MR) is 92.4 cm³/mol. The van der Waals surface area contributed by atoms with Crippen molar-refractivity contribution in [3.63, 3.8) is 0 Å². The minimum atomic E-state index is -1.00. The third-order valence-electron chi connectivity index (χ3n) is 3.74. The van der Waals surface area contributed by atoms with E-state index in [1.165, 1.54) is 6.07 Å². The van der Waals surface area contributed by atoms with Crippen LogP contribution in [0.2, 0.25) is 0 Å². The van der Waals surface area contributed by atoms with Gasteiger partial charge in [-0.15, -0.1) is 0 Å². The first-order valence-electron chi connectivity index (χ1n) is 7.62. The van der Waals surface area contributed by atoms with E-state index in [1.54, 1.807) is 20.1 Å². The zero-order valence-corrected chi connectivity index (χ0v) is 14.1. The Kier molecular flexibility index (Phi) is 5.71. The van der Waals surface area contributed by atoms with Crippen LogP contribution in [-0.4, -0.2) is 24.1 Å². The van der Waals surface area contributed by atoms with Crippen LogP contribution in [-0.2, 0) is 22.6 Å². The summed E-state index contributed by atoms with van der Waals surface area (Å²) in [5.74, 6) is -1.19. The molecule has 0 unspecified atom stereocenters. The monoisotopic (exact) mass is 327 g/mol. The van der Waals surface area contributed by atoms with Crippen LogP contribution in [0.5, 0.6) is 0 Å². The number of hydrogen-bond acceptors (Lipinski definition) is 3. The lowest BCUT2D eigenvalue weighted by molar-refractivity contribution is -0.115. The molecule has 0 radical (unpaired) electrons. The van der Waals surface area contributed by atoms with E-state index < -0.39 is 5.97 Å². The van der Waals surface area contributed by atoms with Gasteiger partial charge >= 0.3 is 5.97 Å². The molecule has 0 spiro atoms. The van der Waals surface area contributed by atoms with Crippen LogP contribution >= 0.6 is 0 Å². The molecule has 0 saturated heterocycles. The normalized spacial score (nSPS) is 10.5. The van der Waals surface area contributed by atoms with Crippen molar-refractivity contribution in [3.05, 3.63) is 64.2 Å². The molecule has 126 valence electrons. The van der Waals surface area contributed by atoms with Gasteiger partial charge in [0, 0.05) is 12.8 Å². The molecule has 0 aromatic heterocycles. The number of aromatic carboxylic acids is 1. The molecule has 2 rings (SSSR count). The Bertz CT molecular complexity index is 768. The largest absolute Gasteiger partial charge is 0.478 e. The maximum atomic E-state index is 12.3. The van der Waals surface area contributed by atoms with Gasteiger partial charge in [-0.05, 0) is 42.2 Å². The predicted octanol–water partition coefficient (Wildman–Crippen LogP) is 3.33. The number of rotatable bonds is 6. The number of carboxylic acid groups (broad SMARTS) is 1. The SMILES string of the molecule is COCc1cccc(CC(=O)Nc2cc(C(=O)O)c(C)cc2C)c1. The molecule has 2 aromatic carbocycles. The Morgan fingerprint density at radius 3 is 2.46 bits per heavy atom. The van der Waals surface area contributed by atoms with Gasteiger partial charge in [-0.2, -0.15) is 0 Å². The number of carbonyl (C=O) groups excluding carboxylic acids is 1. The number of carbonyl (C=O) groups is 2. The van der Waals surface area contributed by atoms with E-state index in [4.69, 9.17) is 4.74 Å². The van der Waals surface area contributed by atoms with Crippen LogP contribution in [0.4, 0.5) is 5.69 Å². The highest BCUT2D eigenvalue weighted by molar-refractivity contribution is 5.96. The summed E-state index contributed by atoms with van der Waals surface area (Å²) in [7, 11) is 1.62. The molecular formula is C19H21NO4. The minimum absolute atomic E-state index is 0.187. The molecule has 0 aliphatic heterocycles. The van der Waals surface area contributed by atoms with Crippen molar-refractivity contribution in [1.29, 1.82) is 0 Å². The highest BCUT2D eigenvalue weighted by atomic mass is 16.5. The number of aryl methyl sites for hydroxylation is 2. The molecule has 2 N–H and O–H groups in total. The van der Waals surface area contributed by atoms with Gasteiger partial charge < -0.3 is 15.2 Å². The van der Waals surface area contributed by atoms with Crippen molar-refractivity contribution in [2.75, 3.05) is 12.4 Å². The summed E-state index contributed by atoms with van der Waals surface area (Å²) in [5, 5.41) is 12.0. The molecule has 2 aromatic rings. The van der Waals surface area contributed by atoms with E-state index >= 15 is 0 Å². The van der Waals surface area contributed by atoms with Gasteiger partial charge in [-0.3, -0.25) is 4.79 Å². The van der Waals surface area contributed by atoms with Crippen LogP contribution in [0.25, 0.3) is 0 Å². The number of carboxylic acids is 1. The molecule has 0 bridgehead atoms. The Labute approximate surface area is 141 Å². The fourth-order valence-electron chi connectivity index (χ4n) is 2.59.